The Bertz CT molecular complexity index is 913. The molecule has 26 heavy (non-hydrogen) atoms. The summed E-state index contributed by atoms with van der Waals surface area (Å²) in [5, 5.41) is 0. The zero-order chi connectivity index (χ0) is 19.1. The van der Waals surface area contributed by atoms with Crippen LogP contribution in [0.25, 0.3) is 5.57 Å². The van der Waals surface area contributed by atoms with E-state index in [1.165, 1.54) is 39.0 Å². The third-order valence-electron chi connectivity index (χ3n) is 5.68. The predicted octanol–water partition coefficient (Wildman–Crippen LogP) is 6.52. The van der Waals surface area contributed by atoms with Crippen molar-refractivity contribution < 1.29 is 0 Å². The average Bonchev–Trinajstić information content (AvgIpc) is 2.80. The van der Waals surface area contributed by atoms with Gasteiger partial charge in [-0.05, 0) is 70.9 Å². The number of fused-ring (bicyclic) bond motifs is 3. The largest absolute Gasteiger partial charge is 0.399 e. The lowest BCUT2D eigenvalue weighted by Gasteiger charge is -2.27. The van der Waals surface area contributed by atoms with Gasteiger partial charge in [0.1, 0.15) is 0 Å². The minimum atomic E-state index is -0.00157. The molecular weight excluding hydrogens is 314 g/mol. The van der Waals surface area contributed by atoms with Crippen molar-refractivity contribution in [3.63, 3.8) is 0 Å². The molecule has 1 aromatic rings. The van der Waals surface area contributed by atoms with Crippen molar-refractivity contribution in [2.75, 3.05) is 5.73 Å². The second-order valence-corrected chi connectivity index (χ2v) is 7.83. The molecule has 0 amide bonds. The molecule has 0 spiro atoms. The fourth-order valence-electron chi connectivity index (χ4n) is 4.09. The molecule has 2 aliphatic carbocycles. The summed E-state index contributed by atoms with van der Waals surface area (Å²) in [6.07, 6.45) is 13.2. The molecule has 1 atom stereocenters. The average molecular weight is 344 g/mol. The summed E-state index contributed by atoms with van der Waals surface area (Å²) >= 11 is 0. The summed E-state index contributed by atoms with van der Waals surface area (Å²) in [5.41, 5.74) is 16.1. The Balaban J connectivity index is 2.13. The summed E-state index contributed by atoms with van der Waals surface area (Å²) in [6, 6.07) is 6.32. The molecule has 134 valence electrons. The first-order valence-electron chi connectivity index (χ1n) is 9.32. The van der Waals surface area contributed by atoms with E-state index < -0.39 is 0 Å². The van der Waals surface area contributed by atoms with Gasteiger partial charge in [0.05, 0.1) is 0 Å². The minimum Gasteiger partial charge on any atom is -0.399 e. The second-order valence-electron chi connectivity index (χ2n) is 7.83. The molecule has 3 rings (SSSR count). The summed E-state index contributed by atoms with van der Waals surface area (Å²) < 4.78 is 0. The van der Waals surface area contributed by atoms with Crippen molar-refractivity contribution in [2.24, 2.45) is 5.92 Å². The number of nitrogen functional groups attached to an aromatic ring is 1. The molecule has 1 heteroatoms. The van der Waals surface area contributed by atoms with Crippen LogP contribution in [0, 0.1) is 5.92 Å². The molecule has 1 aromatic carbocycles. The van der Waals surface area contributed by atoms with Crippen LogP contribution < -0.4 is 5.73 Å². The van der Waals surface area contributed by atoms with E-state index in [9.17, 15) is 0 Å². The van der Waals surface area contributed by atoms with Crippen molar-refractivity contribution in [3.8, 4) is 0 Å². The van der Waals surface area contributed by atoms with E-state index in [-0.39, 0.29) is 5.41 Å². The monoisotopic (exact) mass is 343 g/mol. The van der Waals surface area contributed by atoms with Crippen LogP contribution in [0.15, 0.2) is 83.5 Å². The van der Waals surface area contributed by atoms with Crippen molar-refractivity contribution in [2.45, 2.75) is 40.0 Å². The van der Waals surface area contributed by atoms with Gasteiger partial charge in [-0.3, -0.25) is 0 Å². The Hall–Kier alpha value is -2.54. The third-order valence-corrected chi connectivity index (χ3v) is 5.68. The van der Waals surface area contributed by atoms with E-state index in [1.54, 1.807) is 0 Å². The molecule has 2 aliphatic rings. The van der Waals surface area contributed by atoms with Crippen LogP contribution in [-0.4, -0.2) is 0 Å². The van der Waals surface area contributed by atoms with Gasteiger partial charge in [-0.15, -0.1) is 0 Å². The highest BCUT2D eigenvalue weighted by atomic mass is 14.6. The van der Waals surface area contributed by atoms with Crippen LogP contribution in [-0.2, 0) is 5.41 Å². The second kappa shape index (κ2) is 6.64. The summed E-state index contributed by atoms with van der Waals surface area (Å²) in [7, 11) is 0. The van der Waals surface area contributed by atoms with E-state index in [0.29, 0.717) is 5.92 Å². The molecule has 1 unspecified atom stereocenters. The molecule has 0 aliphatic heterocycles. The maximum absolute atomic E-state index is 6.07. The summed E-state index contributed by atoms with van der Waals surface area (Å²) in [6.45, 7) is 14.9. The summed E-state index contributed by atoms with van der Waals surface area (Å²) in [5.74, 6) is 0.381. The highest BCUT2D eigenvalue weighted by Crippen LogP contribution is 2.53. The number of rotatable bonds is 3. The molecule has 0 bridgehead atoms. The molecule has 0 saturated heterocycles. The van der Waals surface area contributed by atoms with E-state index in [2.05, 4.69) is 83.7 Å². The molecule has 2 N–H and O–H groups in total. The van der Waals surface area contributed by atoms with Crippen LogP contribution in [0.5, 0.6) is 0 Å². The lowest BCUT2D eigenvalue weighted by Crippen LogP contribution is -2.17. The number of anilines is 1. The zero-order valence-corrected chi connectivity index (χ0v) is 16.6. The van der Waals surface area contributed by atoms with E-state index in [4.69, 9.17) is 5.73 Å². The SMILES string of the molecule is C=C\C=C(C)/C(=C\C)/C=C1/C=C2C(=CC1C)C(C)(C)c1cc(N)ccc12. The molecule has 0 radical (unpaired) electrons. The van der Waals surface area contributed by atoms with Gasteiger partial charge in [0, 0.05) is 11.1 Å². The van der Waals surface area contributed by atoms with Crippen molar-refractivity contribution in [1.82, 2.24) is 0 Å². The van der Waals surface area contributed by atoms with Crippen LogP contribution in [0.4, 0.5) is 5.69 Å². The Kier molecular flexibility index (Phi) is 4.66. The lowest BCUT2D eigenvalue weighted by molar-refractivity contribution is 0.649. The lowest BCUT2D eigenvalue weighted by atomic mass is 9.77. The maximum atomic E-state index is 6.07. The topological polar surface area (TPSA) is 26.0 Å². The van der Waals surface area contributed by atoms with E-state index in [1.807, 2.05) is 12.1 Å². The molecule has 0 heterocycles. The molecule has 0 fully saturated rings. The normalized spacial score (nSPS) is 23.3. The van der Waals surface area contributed by atoms with Crippen molar-refractivity contribution in [3.05, 3.63) is 94.7 Å². The Labute approximate surface area is 158 Å². The highest BCUT2D eigenvalue weighted by Gasteiger charge is 2.40. The number of nitrogens with two attached hydrogens (primary N) is 1. The van der Waals surface area contributed by atoms with Crippen LogP contribution in [0.3, 0.4) is 0 Å². The Morgan fingerprint density at radius 3 is 2.65 bits per heavy atom. The van der Waals surface area contributed by atoms with Crippen LogP contribution >= 0.6 is 0 Å². The molecule has 0 saturated carbocycles. The standard InChI is InChI=1S/C25H29N/c1-7-9-16(3)18(8-2)13-19-14-22-21-11-10-20(26)15-24(21)25(5,6)23(22)12-17(19)4/h7-15,17H,1,26H2,2-6H3/b16-9-,18-8-,19-13-. The van der Waals surface area contributed by atoms with Crippen molar-refractivity contribution >= 4 is 11.3 Å². The van der Waals surface area contributed by atoms with Gasteiger partial charge in [-0.25, -0.2) is 0 Å². The fraction of sp³-hybridized carbons (Fsp3) is 0.280. The fourth-order valence-corrected chi connectivity index (χ4v) is 4.09. The first kappa shape index (κ1) is 18.3. The predicted molar refractivity (Wildman–Crippen MR) is 115 cm³/mol. The number of benzene rings is 1. The highest BCUT2D eigenvalue weighted by molar-refractivity contribution is 5.92. The number of hydrogen-bond donors (Lipinski definition) is 1. The van der Waals surface area contributed by atoms with Gasteiger partial charge in [0.2, 0.25) is 0 Å². The van der Waals surface area contributed by atoms with Gasteiger partial charge in [-0.1, -0.05) is 69.9 Å². The number of allylic oxidation sites excluding steroid dienone is 11. The first-order valence-corrected chi connectivity index (χ1v) is 9.32. The number of hydrogen-bond acceptors (Lipinski definition) is 1. The van der Waals surface area contributed by atoms with Gasteiger partial charge in [0.15, 0.2) is 0 Å². The van der Waals surface area contributed by atoms with Gasteiger partial charge >= 0.3 is 0 Å². The Morgan fingerprint density at radius 2 is 2.00 bits per heavy atom. The van der Waals surface area contributed by atoms with Crippen molar-refractivity contribution in [1.29, 1.82) is 0 Å². The van der Waals surface area contributed by atoms with Crippen LogP contribution in [0.1, 0.15) is 45.7 Å². The van der Waals surface area contributed by atoms with E-state index in [0.717, 1.165) is 5.69 Å². The zero-order valence-electron chi connectivity index (χ0n) is 16.6. The van der Waals surface area contributed by atoms with Crippen LogP contribution in [0.2, 0.25) is 0 Å². The first-order chi connectivity index (χ1) is 12.3. The van der Waals surface area contributed by atoms with E-state index >= 15 is 0 Å². The quantitative estimate of drug-likeness (QED) is 0.490. The third kappa shape index (κ3) is 2.92. The van der Waals surface area contributed by atoms with Gasteiger partial charge in [-0.2, -0.15) is 0 Å². The van der Waals surface area contributed by atoms with Gasteiger partial charge in [0.25, 0.3) is 0 Å². The Morgan fingerprint density at radius 1 is 1.27 bits per heavy atom. The molecule has 0 aromatic heterocycles. The molecular formula is C25H29N. The minimum absolute atomic E-state index is 0.00157. The smallest absolute Gasteiger partial charge is 0.0317 e. The maximum Gasteiger partial charge on any atom is 0.0317 e. The van der Waals surface area contributed by atoms with Gasteiger partial charge < -0.3 is 5.73 Å². The molecule has 1 nitrogen and oxygen atoms in total. The summed E-state index contributed by atoms with van der Waals surface area (Å²) in [4.78, 5) is 0.